The predicted octanol–water partition coefficient (Wildman–Crippen LogP) is 1.49. The summed E-state index contributed by atoms with van der Waals surface area (Å²) in [5.41, 5.74) is 2.91. The lowest BCUT2D eigenvalue weighted by Gasteiger charge is -2.46. The first kappa shape index (κ1) is 13.6. The Kier molecular flexibility index (Phi) is 3.52. The van der Waals surface area contributed by atoms with Gasteiger partial charge in [0.05, 0.1) is 18.7 Å². The number of piperazine rings is 3. The lowest BCUT2D eigenvalue weighted by atomic mass is 9.93. The SMILES string of the molecule is COc1cc(C)cc(C)c1C(=O)C1CN2CCN1CC2. The Bertz CT molecular complexity index is 534. The smallest absolute Gasteiger partial charge is 0.185 e. The number of ether oxygens (including phenoxy) is 1. The summed E-state index contributed by atoms with van der Waals surface area (Å²) in [6.45, 7) is 9.07. The lowest BCUT2D eigenvalue weighted by Crippen LogP contribution is -2.63. The van der Waals surface area contributed by atoms with Crippen molar-refractivity contribution in [2.75, 3.05) is 39.8 Å². The van der Waals surface area contributed by atoms with Gasteiger partial charge in [-0.1, -0.05) is 6.07 Å². The van der Waals surface area contributed by atoms with Crippen LogP contribution in [0.15, 0.2) is 12.1 Å². The van der Waals surface area contributed by atoms with Crippen LogP contribution in [0.5, 0.6) is 5.75 Å². The predicted molar refractivity (Wildman–Crippen MR) is 78.6 cm³/mol. The van der Waals surface area contributed by atoms with E-state index >= 15 is 0 Å². The molecule has 4 nitrogen and oxygen atoms in total. The van der Waals surface area contributed by atoms with Gasteiger partial charge in [-0.15, -0.1) is 0 Å². The van der Waals surface area contributed by atoms with Gasteiger partial charge in [0, 0.05) is 32.7 Å². The summed E-state index contributed by atoms with van der Waals surface area (Å²) in [7, 11) is 1.64. The number of methoxy groups -OCH3 is 1. The van der Waals surface area contributed by atoms with Crippen molar-refractivity contribution in [1.82, 2.24) is 9.80 Å². The maximum Gasteiger partial charge on any atom is 0.185 e. The third-order valence-electron chi connectivity index (χ3n) is 4.49. The molecule has 0 aromatic heterocycles. The number of Topliss-reactive ketones (excluding diaryl/α,β-unsaturated/α-hetero) is 1. The van der Waals surface area contributed by atoms with Crippen LogP contribution in [-0.4, -0.2) is 61.5 Å². The average Bonchev–Trinajstić information content (AvgIpc) is 2.47. The molecule has 4 rings (SSSR count). The van der Waals surface area contributed by atoms with Crippen molar-refractivity contribution in [1.29, 1.82) is 0 Å². The van der Waals surface area contributed by atoms with E-state index in [9.17, 15) is 4.79 Å². The van der Waals surface area contributed by atoms with Crippen molar-refractivity contribution in [3.8, 4) is 5.75 Å². The van der Waals surface area contributed by atoms with Crippen LogP contribution in [0.4, 0.5) is 0 Å². The van der Waals surface area contributed by atoms with Gasteiger partial charge in [0.15, 0.2) is 5.78 Å². The second-order valence-electron chi connectivity index (χ2n) is 5.88. The van der Waals surface area contributed by atoms with Crippen molar-refractivity contribution < 1.29 is 9.53 Å². The Hall–Kier alpha value is -1.39. The molecule has 108 valence electrons. The summed E-state index contributed by atoms with van der Waals surface area (Å²) < 4.78 is 5.45. The van der Waals surface area contributed by atoms with Crippen LogP contribution in [0.2, 0.25) is 0 Å². The molecule has 20 heavy (non-hydrogen) atoms. The fourth-order valence-corrected chi connectivity index (χ4v) is 3.44. The van der Waals surface area contributed by atoms with Crippen LogP contribution in [0.3, 0.4) is 0 Å². The molecule has 3 heterocycles. The number of carbonyl (C=O) groups excluding carboxylic acids is 1. The van der Waals surface area contributed by atoms with Gasteiger partial charge in [0.1, 0.15) is 5.75 Å². The van der Waals surface area contributed by atoms with Gasteiger partial charge < -0.3 is 4.74 Å². The molecule has 0 spiro atoms. The van der Waals surface area contributed by atoms with E-state index in [1.807, 2.05) is 19.9 Å². The summed E-state index contributed by atoms with van der Waals surface area (Å²) in [5, 5.41) is 0. The van der Waals surface area contributed by atoms with E-state index in [-0.39, 0.29) is 11.8 Å². The second kappa shape index (κ2) is 5.19. The molecule has 3 saturated heterocycles. The molecule has 3 fully saturated rings. The Morgan fingerprint density at radius 2 is 1.90 bits per heavy atom. The zero-order valence-corrected chi connectivity index (χ0v) is 12.5. The number of benzene rings is 1. The highest BCUT2D eigenvalue weighted by Crippen LogP contribution is 2.28. The number of nitrogens with zero attached hydrogens (tertiary/aromatic N) is 2. The molecule has 0 amide bonds. The molecule has 1 aromatic carbocycles. The van der Waals surface area contributed by atoms with Gasteiger partial charge in [0.25, 0.3) is 0 Å². The number of hydrogen-bond acceptors (Lipinski definition) is 4. The van der Waals surface area contributed by atoms with Crippen molar-refractivity contribution in [2.24, 2.45) is 0 Å². The molecule has 2 bridgehead atoms. The zero-order valence-electron chi connectivity index (χ0n) is 12.5. The number of carbonyl (C=O) groups is 1. The maximum atomic E-state index is 13.0. The summed E-state index contributed by atoms with van der Waals surface area (Å²) in [6, 6.07) is 4.01. The van der Waals surface area contributed by atoms with E-state index in [0.29, 0.717) is 5.75 Å². The van der Waals surface area contributed by atoms with Gasteiger partial charge in [-0.3, -0.25) is 14.6 Å². The monoisotopic (exact) mass is 274 g/mol. The quantitative estimate of drug-likeness (QED) is 0.782. The average molecular weight is 274 g/mol. The highest BCUT2D eigenvalue weighted by Gasteiger charge is 2.37. The van der Waals surface area contributed by atoms with Gasteiger partial charge in [0.2, 0.25) is 0 Å². The van der Waals surface area contributed by atoms with E-state index in [0.717, 1.165) is 49.4 Å². The van der Waals surface area contributed by atoms with E-state index in [1.165, 1.54) is 0 Å². The molecule has 1 aromatic rings. The molecule has 0 saturated carbocycles. The van der Waals surface area contributed by atoms with Gasteiger partial charge in [-0.2, -0.15) is 0 Å². The van der Waals surface area contributed by atoms with E-state index in [2.05, 4.69) is 15.9 Å². The third-order valence-corrected chi connectivity index (χ3v) is 4.49. The maximum absolute atomic E-state index is 13.0. The molecule has 1 atom stereocenters. The van der Waals surface area contributed by atoms with E-state index in [1.54, 1.807) is 7.11 Å². The van der Waals surface area contributed by atoms with E-state index in [4.69, 9.17) is 4.74 Å². The lowest BCUT2D eigenvalue weighted by molar-refractivity contribution is 0.0157. The van der Waals surface area contributed by atoms with Crippen molar-refractivity contribution in [3.05, 3.63) is 28.8 Å². The topological polar surface area (TPSA) is 32.8 Å². The summed E-state index contributed by atoms with van der Waals surface area (Å²) in [5.74, 6) is 0.925. The van der Waals surface area contributed by atoms with Crippen LogP contribution in [0.25, 0.3) is 0 Å². The first-order valence-corrected chi connectivity index (χ1v) is 7.26. The summed E-state index contributed by atoms with van der Waals surface area (Å²) >= 11 is 0. The first-order valence-electron chi connectivity index (χ1n) is 7.26. The van der Waals surface area contributed by atoms with Gasteiger partial charge in [-0.25, -0.2) is 0 Å². The second-order valence-corrected chi connectivity index (χ2v) is 5.88. The normalized spacial score (nSPS) is 28.4. The van der Waals surface area contributed by atoms with Crippen molar-refractivity contribution in [3.63, 3.8) is 0 Å². The van der Waals surface area contributed by atoms with Crippen molar-refractivity contribution >= 4 is 5.78 Å². The van der Waals surface area contributed by atoms with Crippen LogP contribution in [0, 0.1) is 13.8 Å². The molecule has 1 unspecified atom stereocenters. The fourth-order valence-electron chi connectivity index (χ4n) is 3.44. The minimum absolute atomic E-state index is 0.00666. The molecular weight excluding hydrogens is 252 g/mol. The minimum atomic E-state index is -0.00666. The number of hydrogen-bond donors (Lipinski definition) is 0. The van der Waals surface area contributed by atoms with Crippen LogP contribution < -0.4 is 4.74 Å². The summed E-state index contributed by atoms with van der Waals surface area (Å²) in [4.78, 5) is 17.7. The van der Waals surface area contributed by atoms with Gasteiger partial charge >= 0.3 is 0 Å². The number of aryl methyl sites for hydroxylation is 2. The Balaban J connectivity index is 1.94. The third kappa shape index (κ3) is 2.23. The standard InChI is InChI=1S/C16H22N2O2/c1-11-8-12(2)15(14(9-11)20-3)16(19)13-10-17-4-6-18(13)7-5-17/h8-9,13H,4-7,10H2,1-3H3. The molecule has 3 aliphatic rings. The zero-order chi connectivity index (χ0) is 14.3. The highest BCUT2D eigenvalue weighted by atomic mass is 16.5. The van der Waals surface area contributed by atoms with Gasteiger partial charge in [-0.05, 0) is 31.0 Å². The molecule has 4 heteroatoms. The minimum Gasteiger partial charge on any atom is -0.496 e. The van der Waals surface area contributed by atoms with Crippen LogP contribution in [-0.2, 0) is 0 Å². The first-order chi connectivity index (χ1) is 9.60. The molecule has 3 aliphatic heterocycles. The fraction of sp³-hybridized carbons (Fsp3) is 0.562. The Morgan fingerprint density at radius 3 is 2.45 bits per heavy atom. The highest BCUT2D eigenvalue weighted by molar-refractivity contribution is 6.04. The molecular formula is C16H22N2O2. The van der Waals surface area contributed by atoms with E-state index < -0.39 is 0 Å². The van der Waals surface area contributed by atoms with Crippen LogP contribution >= 0.6 is 0 Å². The largest absolute Gasteiger partial charge is 0.496 e. The Morgan fingerprint density at radius 1 is 1.20 bits per heavy atom. The summed E-state index contributed by atoms with van der Waals surface area (Å²) in [6.07, 6.45) is 0. The molecule has 0 aliphatic carbocycles. The number of ketones is 1. The Labute approximate surface area is 120 Å². The van der Waals surface area contributed by atoms with Crippen molar-refractivity contribution in [2.45, 2.75) is 19.9 Å². The number of fused-ring (bicyclic) bond motifs is 3. The number of rotatable bonds is 3. The molecule has 0 radical (unpaired) electrons. The van der Waals surface area contributed by atoms with Crippen LogP contribution in [0.1, 0.15) is 21.5 Å². The molecule has 0 N–H and O–H groups in total.